The maximum absolute atomic E-state index is 2.47. The van der Waals surface area contributed by atoms with Gasteiger partial charge in [-0.05, 0) is 94.4 Å². The number of para-hydroxylation sites is 5. The maximum atomic E-state index is 2.47. The Bertz CT molecular complexity index is 4100. The van der Waals surface area contributed by atoms with E-state index in [4.69, 9.17) is 0 Å². The summed E-state index contributed by atoms with van der Waals surface area (Å²) in [4.78, 5) is 0. The van der Waals surface area contributed by atoms with Crippen molar-refractivity contribution in [3.8, 4) is 33.6 Å². The summed E-state index contributed by atoms with van der Waals surface area (Å²) < 4.78 is 7.33. The molecule has 4 aromatic heterocycles. The molecule has 0 aliphatic heterocycles. The molecule has 10 aromatic carbocycles. The summed E-state index contributed by atoms with van der Waals surface area (Å²) in [5, 5.41) is 12.7. The fourth-order valence-corrected chi connectivity index (χ4v) is 10.8. The summed E-state index contributed by atoms with van der Waals surface area (Å²) in [5.74, 6) is 0. The van der Waals surface area contributed by atoms with Gasteiger partial charge in [0, 0.05) is 54.2 Å². The van der Waals surface area contributed by atoms with E-state index in [0.717, 1.165) is 0 Å². The quantitative estimate of drug-likeness (QED) is 0.169. The molecule has 0 amide bonds. The van der Waals surface area contributed by atoms with E-state index in [9.17, 15) is 0 Å². The minimum absolute atomic E-state index is 1.17. The summed E-state index contributed by atoms with van der Waals surface area (Å²) in [7, 11) is 0. The largest absolute Gasteiger partial charge is 0.309 e. The molecule has 3 heteroatoms. The fourth-order valence-electron chi connectivity index (χ4n) is 10.8. The van der Waals surface area contributed by atoms with Crippen molar-refractivity contribution in [3.63, 3.8) is 0 Å². The van der Waals surface area contributed by atoms with Crippen LogP contribution < -0.4 is 0 Å². The third-order valence-corrected chi connectivity index (χ3v) is 13.4. The number of benzene rings is 10. The van der Waals surface area contributed by atoms with Gasteiger partial charge < -0.3 is 13.5 Å². The summed E-state index contributed by atoms with van der Waals surface area (Å²) in [6.07, 6.45) is 0. The van der Waals surface area contributed by atoms with E-state index in [0.29, 0.717) is 0 Å². The molecule has 0 saturated carbocycles. The molecule has 0 fully saturated rings. The second-order valence-corrected chi connectivity index (χ2v) is 16.5. The van der Waals surface area contributed by atoms with Gasteiger partial charge in [0.2, 0.25) is 0 Å². The molecule has 14 rings (SSSR count). The molecule has 61 heavy (non-hydrogen) atoms. The van der Waals surface area contributed by atoms with Crippen molar-refractivity contribution in [1.29, 1.82) is 0 Å². The summed E-state index contributed by atoms with van der Waals surface area (Å²) in [6, 6.07) is 78.4. The van der Waals surface area contributed by atoms with Crippen molar-refractivity contribution in [2.24, 2.45) is 0 Å². The zero-order valence-corrected chi connectivity index (χ0v) is 33.0. The van der Waals surface area contributed by atoms with E-state index in [-0.39, 0.29) is 0 Å². The molecular weight excluding hydrogens is 739 g/mol. The van der Waals surface area contributed by atoms with Crippen molar-refractivity contribution in [3.05, 3.63) is 212 Å². The third-order valence-electron chi connectivity index (χ3n) is 13.4. The number of fused-ring (bicyclic) bond motifs is 13. The Morgan fingerprint density at radius 2 is 0.738 bits per heavy atom. The lowest BCUT2D eigenvalue weighted by atomic mass is 9.96. The normalized spacial score (nSPS) is 12.3. The smallest absolute Gasteiger partial charge is 0.0620 e. The third kappa shape index (κ3) is 4.47. The number of hydrogen-bond acceptors (Lipinski definition) is 0. The Labute approximate surface area is 350 Å². The second-order valence-electron chi connectivity index (χ2n) is 16.5. The summed E-state index contributed by atoms with van der Waals surface area (Å²) in [5.41, 5.74) is 15.9. The average molecular weight is 774 g/mol. The first-order chi connectivity index (χ1) is 30.3. The van der Waals surface area contributed by atoms with E-state index in [2.05, 4.69) is 226 Å². The molecule has 0 radical (unpaired) electrons. The first-order valence-corrected chi connectivity index (χ1v) is 21.1. The van der Waals surface area contributed by atoms with Crippen LogP contribution in [0.5, 0.6) is 0 Å². The lowest BCUT2D eigenvalue weighted by Gasteiger charge is -2.14. The molecule has 3 nitrogen and oxygen atoms in total. The van der Waals surface area contributed by atoms with E-state index < -0.39 is 0 Å². The van der Waals surface area contributed by atoms with Crippen LogP contribution in [0.25, 0.3) is 126 Å². The highest BCUT2D eigenvalue weighted by Crippen LogP contribution is 2.43. The van der Waals surface area contributed by atoms with Gasteiger partial charge in [0.1, 0.15) is 0 Å². The highest BCUT2D eigenvalue weighted by atomic mass is 15.0. The molecular formula is C58H35N3. The Balaban J connectivity index is 0.939. The minimum Gasteiger partial charge on any atom is -0.309 e. The van der Waals surface area contributed by atoms with Crippen molar-refractivity contribution >= 4 is 92.5 Å². The SMILES string of the molecule is c1ccc(-n2c3ccccc3c3cc(-c4ccc5c(c4)c4ccccc4n5-c4cccc5c(-c6ccc7c8cccc9c%10ccccc%10n(c7c6)c98)cccc45)ccc32)cc1. The van der Waals surface area contributed by atoms with Gasteiger partial charge in [-0.3, -0.25) is 0 Å². The van der Waals surface area contributed by atoms with Crippen LogP contribution in [0.4, 0.5) is 0 Å². The van der Waals surface area contributed by atoms with Crippen LogP contribution in [-0.4, -0.2) is 13.5 Å². The van der Waals surface area contributed by atoms with Crippen LogP contribution in [0.3, 0.4) is 0 Å². The van der Waals surface area contributed by atoms with Crippen molar-refractivity contribution in [2.45, 2.75) is 0 Å². The molecule has 0 saturated heterocycles. The molecule has 0 atom stereocenters. The molecule has 0 aliphatic carbocycles. The van der Waals surface area contributed by atoms with Crippen LogP contribution in [0, 0.1) is 0 Å². The lowest BCUT2D eigenvalue weighted by Crippen LogP contribution is -1.96. The number of rotatable bonds is 4. The van der Waals surface area contributed by atoms with Crippen molar-refractivity contribution < 1.29 is 0 Å². The first-order valence-electron chi connectivity index (χ1n) is 21.1. The second kappa shape index (κ2) is 12.2. The van der Waals surface area contributed by atoms with E-state index in [1.165, 1.54) is 126 Å². The van der Waals surface area contributed by atoms with Gasteiger partial charge >= 0.3 is 0 Å². The molecule has 0 aliphatic rings. The molecule has 282 valence electrons. The summed E-state index contributed by atoms with van der Waals surface area (Å²) >= 11 is 0. The van der Waals surface area contributed by atoms with Crippen LogP contribution in [0.1, 0.15) is 0 Å². The van der Waals surface area contributed by atoms with Crippen molar-refractivity contribution in [1.82, 2.24) is 13.5 Å². The Morgan fingerprint density at radius 1 is 0.246 bits per heavy atom. The average Bonchev–Trinajstić information content (AvgIpc) is 4.05. The molecule has 4 heterocycles. The van der Waals surface area contributed by atoms with Gasteiger partial charge in [0.05, 0.1) is 44.3 Å². The van der Waals surface area contributed by atoms with Gasteiger partial charge in [0.25, 0.3) is 0 Å². The monoisotopic (exact) mass is 773 g/mol. The maximum Gasteiger partial charge on any atom is 0.0620 e. The molecule has 0 bridgehead atoms. The molecule has 0 spiro atoms. The van der Waals surface area contributed by atoms with Crippen LogP contribution >= 0.6 is 0 Å². The number of aromatic nitrogens is 3. The standard InChI is InChI=1S/C58H35N3/c1-2-13-39(14-3-1)59-51-23-7-5-16-44(51)49-33-36(28-31-55(49)59)37-29-32-56-50(34-37)45-17-6-8-24-52(45)60(56)53-26-12-19-41-40(18-10-20-42(41)53)38-27-30-46-48-22-11-21-47-43-15-4-9-25-54(43)61(58(47)48)57(46)35-38/h1-35H. The Morgan fingerprint density at radius 3 is 1.46 bits per heavy atom. The van der Waals surface area contributed by atoms with E-state index in [1.54, 1.807) is 0 Å². The van der Waals surface area contributed by atoms with Gasteiger partial charge in [-0.2, -0.15) is 0 Å². The molecule has 14 aromatic rings. The molecule has 0 unspecified atom stereocenters. The topological polar surface area (TPSA) is 14.3 Å². The van der Waals surface area contributed by atoms with Gasteiger partial charge in [-0.15, -0.1) is 0 Å². The van der Waals surface area contributed by atoms with E-state index in [1.807, 2.05) is 0 Å². The van der Waals surface area contributed by atoms with E-state index >= 15 is 0 Å². The zero-order valence-electron chi connectivity index (χ0n) is 33.0. The predicted molar refractivity (Wildman–Crippen MR) is 258 cm³/mol. The van der Waals surface area contributed by atoms with Gasteiger partial charge in [-0.1, -0.05) is 146 Å². The van der Waals surface area contributed by atoms with Crippen LogP contribution in [-0.2, 0) is 0 Å². The number of nitrogens with zero attached hydrogens (tertiary/aromatic N) is 3. The summed E-state index contributed by atoms with van der Waals surface area (Å²) in [6.45, 7) is 0. The molecule has 0 N–H and O–H groups in total. The Kier molecular flexibility index (Phi) is 6.56. The van der Waals surface area contributed by atoms with Crippen LogP contribution in [0.2, 0.25) is 0 Å². The first kappa shape index (κ1) is 32.8. The minimum atomic E-state index is 1.17. The Hall–Kier alpha value is -8.14. The predicted octanol–water partition coefficient (Wildman–Crippen LogP) is 15.5. The highest BCUT2D eigenvalue weighted by molar-refractivity contribution is 6.24. The fraction of sp³-hybridized carbons (Fsp3) is 0. The van der Waals surface area contributed by atoms with Crippen LogP contribution in [0.15, 0.2) is 212 Å². The van der Waals surface area contributed by atoms with Gasteiger partial charge in [0.15, 0.2) is 0 Å². The zero-order chi connectivity index (χ0) is 39.8. The van der Waals surface area contributed by atoms with Crippen molar-refractivity contribution in [2.75, 3.05) is 0 Å². The highest BCUT2D eigenvalue weighted by Gasteiger charge is 2.20. The lowest BCUT2D eigenvalue weighted by molar-refractivity contribution is 1.18. The van der Waals surface area contributed by atoms with Gasteiger partial charge in [-0.25, -0.2) is 0 Å². The number of hydrogen-bond donors (Lipinski definition) is 0.